The summed E-state index contributed by atoms with van der Waals surface area (Å²) in [6.45, 7) is 19.9. The molecule has 2 aromatic rings. The molecule has 0 bridgehead atoms. The number of ether oxygens (including phenoxy) is 1. The van der Waals surface area contributed by atoms with Gasteiger partial charge < -0.3 is 9.84 Å². The van der Waals surface area contributed by atoms with Crippen LogP contribution in [0, 0.1) is 24.2 Å². The van der Waals surface area contributed by atoms with Crippen molar-refractivity contribution in [3.05, 3.63) is 46.5 Å². The summed E-state index contributed by atoms with van der Waals surface area (Å²) in [7, 11) is 0. The smallest absolute Gasteiger partial charge is 0.303 e. The van der Waals surface area contributed by atoms with E-state index >= 15 is 0 Å². The highest BCUT2D eigenvalue weighted by atomic mass is 32.1. The SMILES string of the molecule is C#Cc1cc(-c2nnc(C(=C/C)/C(C)=C\C(C)C(C)CC(=O)O)s2)ccc1OC(C)C.CC.CC. The van der Waals surface area contributed by atoms with E-state index < -0.39 is 5.97 Å². The van der Waals surface area contributed by atoms with Gasteiger partial charge >= 0.3 is 5.97 Å². The Morgan fingerprint density at radius 2 is 1.80 bits per heavy atom. The van der Waals surface area contributed by atoms with Crippen molar-refractivity contribution >= 4 is 22.9 Å². The molecule has 1 heterocycles. The molecule has 0 saturated heterocycles. The monoisotopic (exact) mass is 498 g/mol. The number of rotatable bonds is 9. The first-order valence-electron chi connectivity index (χ1n) is 12.3. The molecule has 0 aliphatic heterocycles. The Bertz CT molecular complexity index is 1030. The third-order valence-corrected chi connectivity index (χ3v) is 6.03. The van der Waals surface area contributed by atoms with Gasteiger partial charge in [0.2, 0.25) is 0 Å². The Morgan fingerprint density at radius 1 is 1.17 bits per heavy atom. The second-order valence-electron chi connectivity index (χ2n) is 7.92. The molecule has 0 aliphatic carbocycles. The molecule has 1 aromatic heterocycles. The highest BCUT2D eigenvalue weighted by molar-refractivity contribution is 7.15. The minimum absolute atomic E-state index is 0.0405. The summed E-state index contributed by atoms with van der Waals surface area (Å²) in [6, 6.07) is 5.71. The maximum Gasteiger partial charge on any atom is 0.303 e. The highest BCUT2D eigenvalue weighted by Crippen LogP contribution is 2.34. The standard InChI is InChI=1S/C25H30N2O3S.2C2H6/c1-8-19-14-20(10-11-22(19)30-15(3)4)24-26-27-25(31-24)21(9-2)18(7)12-16(5)17(6)13-23(28)29;2*1-2/h1,9-12,14-17H,13H2,2-7H3,(H,28,29);2*1-2H3/b18-12-,21-9+;;. The highest BCUT2D eigenvalue weighted by Gasteiger charge is 2.17. The minimum atomic E-state index is -0.776. The average molecular weight is 499 g/mol. The molecule has 0 saturated carbocycles. The first-order chi connectivity index (χ1) is 16.7. The van der Waals surface area contributed by atoms with E-state index in [1.807, 2.05) is 93.5 Å². The third-order valence-electron chi connectivity index (χ3n) is 5.02. The molecule has 0 spiro atoms. The van der Waals surface area contributed by atoms with Gasteiger partial charge in [0.05, 0.1) is 11.7 Å². The van der Waals surface area contributed by atoms with E-state index in [1.165, 1.54) is 11.3 Å². The van der Waals surface area contributed by atoms with E-state index in [2.05, 4.69) is 22.2 Å². The van der Waals surface area contributed by atoms with Gasteiger partial charge in [0.15, 0.2) is 0 Å². The van der Waals surface area contributed by atoms with Crippen LogP contribution in [0.15, 0.2) is 35.9 Å². The predicted molar refractivity (Wildman–Crippen MR) is 150 cm³/mol. The van der Waals surface area contributed by atoms with Gasteiger partial charge in [0, 0.05) is 17.6 Å². The molecule has 0 amide bonds. The predicted octanol–water partition coefficient (Wildman–Crippen LogP) is 8.12. The van der Waals surface area contributed by atoms with Crippen LogP contribution >= 0.6 is 11.3 Å². The molecule has 192 valence electrons. The van der Waals surface area contributed by atoms with Gasteiger partial charge in [-0.15, -0.1) is 16.6 Å². The molecule has 0 radical (unpaired) electrons. The van der Waals surface area contributed by atoms with Gasteiger partial charge in [-0.25, -0.2) is 0 Å². The van der Waals surface area contributed by atoms with Crippen molar-refractivity contribution in [2.24, 2.45) is 11.8 Å². The van der Waals surface area contributed by atoms with Crippen molar-refractivity contribution in [2.45, 2.75) is 81.8 Å². The number of aliphatic carboxylic acids is 1. The number of hydrogen-bond donors (Lipinski definition) is 1. The van der Waals surface area contributed by atoms with E-state index in [0.717, 1.165) is 26.7 Å². The van der Waals surface area contributed by atoms with E-state index in [-0.39, 0.29) is 24.4 Å². The number of allylic oxidation sites excluding steroid dienone is 4. The lowest BCUT2D eigenvalue weighted by Crippen LogP contribution is -2.11. The lowest BCUT2D eigenvalue weighted by atomic mass is 9.90. The minimum Gasteiger partial charge on any atom is -0.490 e. The van der Waals surface area contributed by atoms with E-state index in [9.17, 15) is 4.79 Å². The van der Waals surface area contributed by atoms with E-state index in [0.29, 0.717) is 11.3 Å². The zero-order valence-corrected chi connectivity index (χ0v) is 23.8. The number of carboxylic acid groups (broad SMARTS) is 1. The summed E-state index contributed by atoms with van der Waals surface area (Å²) >= 11 is 1.50. The Labute approximate surface area is 216 Å². The van der Waals surface area contributed by atoms with Crippen LogP contribution in [-0.4, -0.2) is 27.4 Å². The molecule has 0 fully saturated rings. The second kappa shape index (κ2) is 16.7. The Morgan fingerprint density at radius 3 is 2.31 bits per heavy atom. The maximum atomic E-state index is 11.0. The summed E-state index contributed by atoms with van der Waals surface area (Å²) in [5, 5.41) is 19.4. The Hall–Kier alpha value is -2.91. The summed E-state index contributed by atoms with van der Waals surface area (Å²) in [5.41, 5.74) is 3.63. The number of aromatic nitrogens is 2. The largest absolute Gasteiger partial charge is 0.490 e. The summed E-state index contributed by atoms with van der Waals surface area (Å²) < 4.78 is 5.77. The number of carboxylic acids is 1. The second-order valence-corrected chi connectivity index (χ2v) is 8.90. The number of terminal acetylenes is 1. The zero-order valence-electron chi connectivity index (χ0n) is 23.0. The van der Waals surface area contributed by atoms with E-state index in [1.54, 1.807) is 0 Å². The molecule has 5 nitrogen and oxygen atoms in total. The van der Waals surface area contributed by atoms with Crippen LogP contribution in [0.25, 0.3) is 16.1 Å². The summed E-state index contributed by atoms with van der Waals surface area (Å²) in [6.07, 6.45) is 9.98. The van der Waals surface area contributed by atoms with Crippen molar-refractivity contribution in [1.29, 1.82) is 0 Å². The number of benzene rings is 1. The molecule has 6 heteroatoms. The van der Waals surface area contributed by atoms with Gasteiger partial charge in [-0.3, -0.25) is 4.79 Å². The van der Waals surface area contributed by atoms with Crippen LogP contribution < -0.4 is 4.74 Å². The van der Waals surface area contributed by atoms with Gasteiger partial charge in [0.1, 0.15) is 15.8 Å². The average Bonchev–Trinajstić information content (AvgIpc) is 3.31. The lowest BCUT2D eigenvalue weighted by Gasteiger charge is -2.16. The zero-order chi connectivity index (χ0) is 27.1. The van der Waals surface area contributed by atoms with Crippen LogP contribution in [0.2, 0.25) is 0 Å². The first-order valence-corrected chi connectivity index (χ1v) is 13.2. The third kappa shape index (κ3) is 10.1. The Balaban J connectivity index is 0.00000274. The molecule has 0 aliphatic rings. The molecule has 2 atom stereocenters. The fraction of sp³-hybridized carbons (Fsp3) is 0.483. The molecule has 2 rings (SSSR count). The molecule has 35 heavy (non-hydrogen) atoms. The number of hydrogen-bond acceptors (Lipinski definition) is 5. The first kappa shape index (κ1) is 32.1. The number of nitrogens with zero attached hydrogens (tertiary/aromatic N) is 2. The van der Waals surface area contributed by atoms with Gasteiger partial charge in [-0.1, -0.05) is 71.0 Å². The van der Waals surface area contributed by atoms with Crippen LogP contribution in [0.4, 0.5) is 0 Å². The van der Waals surface area contributed by atoms with Gasteiger partial charge in [-0.05, 0) is 63.3 Å². The Kier molecular flexibility index (Phi) is 15.3. The van der Waals surface area contributed by atoms with Crippen LogP contribution in [-0.2, 0) is 4.79 Å². The molecular weight excluding hydrogens is 456 g/mol. The number of carbonyl (C=O) groups is 1. The fourth-order valence-corrected chi connectivity index (χ4v) is 4.19. The van der Waals surface area contributed by atoms with Crippen molar-refractivity contribution in [3.63, 3.8) is 0 Å². The lowest BCUT2D eigenvalue weighted by molar-refractivity contribution is -0.138. The quantitative estimate of drug-likeness (QED) is 0.279. The normalized spacial score (nSPS) is 13.0. The van der Waals surface area contributed by atoms with Crippen LogP contribution in [0.5, 0.6) is 5.75 Å². The maximum absolute atomic E-state index is 11.0. The van der Waals surface area contributed by atoms with Gasteiger partial charge in [0.25, 0.3) is 0 Å². The topological polar surface area (TPSA) is 72.3 Å². The van der Waals surface area contributed by atoms with Crippen LogP contribution in [0.1, 0.15) is 86.2 Å². The van der Waals surface area contributed by atoms with E-state index in [4.69, 9.17) is 16.3 Å². The van der Waals surface area contributed by atoms with Crippen molar-refractivity contribution in [2.75, 3.05) is 0 Å². The van der Waals surface area contributed by atoms with Crippen molar-refractivity contribution < 1.29 is 14.6 Å². The van der Waals surface area contributed by atoms with Crippen LogP contribution in [0.3, 0.4) is 0 Å². The molecule has 1 N–H and O–H groups in total. The van der Waals surface area contributed by atoms with Crippen molar-refractivity contribution in [1.82, 2.24) is 10.2 Å². The molecular formula is C29H42N2O3S. The van der Waals surface area contributed by atoms with Crippen molar-refractivity contribution in [3.8, 4) is 28.7 Å². The summed E-state index contributed by atoms with van der Waals surface area (Å²) in [5.74, 6) is 2.77. The molecule has 2 unspecified atom stereocenters. The molecule has 1 aromatic carbocycles. The summed E-state index contributed by atoms with van der Waals surface area (Å²) in [4.78, 5) is 11.0. The van der Waals surface area contributed by atoms with Gasteiger partial charge in [-0.2, -0.15) is 0 Å². The fourth-order valence-electron chi connectivity index (χ4n) is 3.21.